The van der Waals surface area contributed by atoms with Crippen molar-refractivity contribution < 1.29 is 13.9 Å². The van der Waals surface area contributed by atoms with Gasteiger partial charge in [-0.25, -0.2) is 0 Å². The maximum Gasteiger partial charge on any atom is 0.291 e. The second-order valence-electron chi connectivity index (χ2n) is 5.04. The van der Waals surface area contributed by atoms with Crippen molar-refractivity contribution in [2.45, 2.75) is 6.42 Å². The minimum Gasteiger partial charge on any atom is -0.493 e. The number of rotatable bonds is 6. The molecule has 0 aliphatic carbocycles. The van der Waals surface area contributed by atoms with Crippen LogP contribution in [0.4, 0.5) is 5.69 Å². The number of benzene rings is 2. The molecule has 4 nitrogen and oxygen atoms in total. The lowest BCUT2D eigenvalue weighted by Crippen LogP contribution is -2.11. The molecule has 1 aromatic heterocycles. The highest BCUT2D eigenvalue weighted by atomic mass is 16.5. The lowest BCUT2D eigenvalue weighted by molar-refractivity contribution is 0.0996. The molecule has 0 bridgehead atoms. The van der Waals surface area contributed by atoms with Crippen molar-refractivity contribution in [3.63, 3.8) is 0 Å². The van der Waals surface area contributed by atoms with E-state index in [4.69, 9.17) is 9.15 Å². The lowest BCUT2D eigenvalue weighted by atomic mass is 10.2. The Balaban J connectivity index is 1.56. The Morgan fingerprint density at radius 3 is 2.65 bits per heavy atom. The molecule has 0 unspecified atom stereocenters. The van der Waals surface area contributed by atoms with Crippen LogP contribution in [0, 0.1) is 0 Å². The number of carbonyl (C=O) groups excluding carboxylic acids is 1. The molecule has 0 saturated heterocycles. The zero-order chi connectivity index (χ0) is 15.9. The maximum absolute atomic E-state index is 11.9. The van der Waals surface area contributed by atoms with Crippen molar-refractivity contribution in [2.24, 2.45) is 0 Å². The van der Waals surface area contributed by atoms with Gasteiger partial charge in [0.15, 0.2) is 5.76 Å². The summed E-state index contributed by atoms with van der Waals surface area (Å²) >= 11 is 0. The molecule has 0 saturated carbocycles. The van der Waals surface area contributed by atoms with Crippen molar-refractivity contribution in [3.05, 3.63) is 84.3 Å². The fourth-order valence-corrected chi connectivity index (χ4v) is 2.20. The number of amides is 1. The van der Waals surface area contributed by atoms with Crippen LogP contribution in [0.25, 0.3) is 0 Å². The monoisotopic (exact) mass is 307 g/mol. The highest BCUT2D eigenvalue weighted by Crippen LogP contribution is 2.18. The lowest BCUT2D eigenvalue weighted by Gasteiger charge is -2.09. The van der Waals surface area contributed by atoms with Crippen LogP contribution in [0.1, 0.15) is 16.1 Å². The molecule has 23 heavy (non-hydrogen) atoms. The molecule has 0 fully saturated rings. The Morgan fingerprint density at radius 2 is 1.87 bits per heavy atom. The molecule has 3 aromatic rings. The second kappa shape index (κ2) is 7.31. The van der Waals surface area contributed by atoms with Gasteiger partial charge in [-0.1, -0.05) is 36.4 Å². The molecule has 0 radical (unpaired) electrons. The summed E-state index contributed by atoms with van der Waals surface area (Å²) in [5, 5.41) is 2.78. The summed E-state index contributed by atoms with van der Waals surface area (Å²) in [7, 11) is 0. The van der Waals surface area contributed by atoms with E-state index in [-0.39, 0.29) is 11.7 Å². The van der Waals surface area contributed by atoms with E-state index in [1.54, 1.807) is 18.2 Å². The maximum atomic E-state index is 11.9. The van der Waals surface area contributed by atoms with Gasteiger partial charge in [0.25, 0.3) is 5.91 Å². The molecule has 0 atom stereocenters. The third-order valence-corrected chi connectivity index (χ3v) is 3.34. The van der Waals surface area contributed by atoms with E-state index >= 15 is 0 Å². The van der Waals surface area contributed by atoms with E-state index in [1.807, 2.05) is 36.4 Å². The van der Waals surface area contributed by atoms with Crippen LogP contribution in [-0.2, 0) is 6.42 Å². The molecule has 1 heterocycles. The molecule has 116 valence electrons. The van der Waals surface area contributed by atoms with Crippen LogP contribution < -0.4 is 10.1 Å². The quantitative estimate of drug-likeness (QED) is 0.744. The number of ether oxygens (including phenoxy) is 1. The summed E-state index contributed by atoms with van der Waals surface area (Å²) in [6.07, 6.45) is 2.31. The number of carbonyl (C=O) groups is 1. The first-order valence-electron chi connectivity index (χ1n) is 7.43. The molecular weight excluding hydrogens is 290 g/mol. The van der Waals surface area contributed by atoms with Crippen LogP contribution >= 0.6 is 0 Å². The van der Waals surface area contributed by atoms with Gasteiger partial charge in [-0.05, 0) is 29.8 Å². The first-order valence-corrected chi connectivity index (χ1v) is 7.43. The first-order chi connectivity index (χ1) is 11.3. The summed E-state index contributed by atoms with van der Waals surface area (Å²) in [6, 6.07) is 20.8. The van der Waals surface area contributed by atoms with E-state index in [0.29, 0.717) is 12.3 Å². The Kier molecular flexibility index (Phi) is 4.74. The molecule has 1 amide bonds. The predicted molar refractivity (Wildman–Crippen MR) is 88.7 cm³/mol. The van der Waals surface area contributed by atoms with Crippen LogP contribution in [-0.4, -0.2) is 12.5 Å². The largest absolute Gasteiger partial charge is 0.493 e. The van der Waals surface area contributed by atoms with Crippen molar-refractivity contribution in [1.29, 1.82) is 0 Å². The zero-order valence-electron chi connectivity index (χ0n) is 12.6. The minimum absolute atomic E-state index is 0.278. The molecule has 2 aromatic carbocycles. The molecular formula is C19H17NO3. The Hall–Kier alpha value is -3.01. The average Bonchev–Trinajstić information content (AvgIpc) is 3.11. The third kappa shape index (κ3) is 4.23. The summed E-state index contributed by atoms with van der Waals surface area (Å²) in [5.41, 5.74) is 1.90. The van der Waals surface area contributed by atoms with Gasteiger partial charge in [0, 0.05) is 18.2 Å². The summed E-state index contributed by atoms with van der Waals surface area (Å²) < 4.78 is 10.8. The van der Waals surface area contributed by atoms with Gasteiger partial charge in [0.1, 0.15) is 5.75 Å². The molecule has 0 spiro atoms. The SMILES string of the molecule is O=C(Nc1cccc(OCCc2ccccc2)c1)c1ccco1. The minimum atomic E-state index is -0.281. The molecule has 0 aliphatic rings. The van der Waals surface area contributed by atoms with Crippen molar-refractivity contribution in [3.8, 4) is 5.75 Å². The van der Waals surface area contributed by atoms with Crippen LogP contribution in [0.15, 0.2) is 77.4 Å². The van der Waals surface area contributed by atoms with Gasteiger partial charge < -0.3 is 14.5 Å². The fourth-order valence-electron chi connectivity index (χ4n) is 2.20. The van der Waals surface area contributed by atoms with E-state index in [2.05, 4.69) is 17.4 Å². The molecule has 0 aliphatic heterocycles. The Morgan fingerprint density at radius 1 is 1.00 bits per heavy atom. The van der Waals surface area contributed by atoms with E-state index in [0.717, 1.165) is 12.2 Å². The third-order valence-electron chi connectivity index (χ3n) is 3.34. The van der Waals surface area contributed by atoms with Gasteiger partial charge in [-0.15, -0.1) is 0 Å². The second-order valence-corrected chi connectivity index (χ2v) is 5.04. The van der Waals surface area contributed by atoms with E-state index < -0.39 is 0 Å². The van der Waals surface area contributed by atoms with Crippen LogP contribution in [0.2, 0.25) is 0 Å². The number of hydrogen-bond donors (Lipinski definition) is 1. The smallest absolute Gasteiger partial charge is 0.291 e. The molecule has 4 heteroatoms. The van der Waals surface area contributed by atoms with Gasteiger partial charge in [-0.3, -0.25) is 4.79 Å². The van der Waals surface area contributed by atoms with Gasteiger partial charge >= 0.3 is 0 Å². The summed E-state index contributed by atoms with van der Waals surface area (Å²) in [6.45, 7) is 0.583. The zero-order valence-corrected chi connectivity index (χ0v) is 12.6. The Bertz CT molecular complexity index is 751. The van der Waals surface area contributed by atoms with Gasteiger partial charge in [0.2, 0.25) is 0 Å². The van der Waals surface area contributed by atoms with Gasteiger partial charge in [-0.2, -0.15) is 0 Å². The first kappa shape index (κ1) is 14.9. The highest BCUT2D eigenvalue weighted by molar-refractivity contribution is 6.02. The van der Waals surface area contributed by atoms with Crippen molar-refractivity contribution in [1.82, 2.24) is 0 Å². The standard InChI is InChI=1S/C19H17NO3/c21-19(18-10-5-12-23-18)20-16-8-4-9-17(14-16)22-13-11-15-6-2-1-3-7-15/h1-10,12,14H,11,13H2,(H,20,21). The topological polar surface area (TPSA) is 51.5 Å². The summed E-state index contributed by atoms with van der Waals surface area (Å²) in [5.74, 6) is 0.718. The fraction of sp³-hybridized carbons (Fsp3) is 0.105. The Labute approximate surface area is 134 Å². The summed E-state index contributed by atoms with van der Waals surface area (Å²) in [4.78, 5) is 11.9. The average molecular weight is 307 g/mol. The van der Waals surface area contributed by atoms with Gasteiger partial charge in [0.05, 0.1) is 12.9 Å². The van der Waals surface area contributed by atoms with Crippen molar-refractivity contribution in [2.75, 3.05) is 11.9 Å². The molecule has 1 N–H and O–H groups in total. The van der Waals surface area contributed by atoms with E-state index in [9.17, 15) is 4.79 Å². The number of hydrogen-bond acceptors (Lipinski definition) is 3. The predicted octanol–water partition coefficient (Wildman–Crippen LogP) is 4.15. The number of nitrogens with one attached hydrogen (secondary N) is 1. The normalized spacial score (nSPS) is 10.3. The number of anilines is 1. The molecule has 3 rings (SSSR count). The van der Waals surface area contributed by atoms with Crippen LogP contribution in [0.3, 0.4) is 0 Å². The van der Waals surface area contributed by atoms with Crippen molar-refractivity contribution >= 4 is 11.6 Å². The van der Waals surface area contributed by atoms with E-state index in [1.165, 1.54) is 11.8 Å². The number of furan rings is 1. The highest BCUT2D eigenvalue weighted by Gasteiger charge is 2.08. The van der Waals surface area contributed by atoms with Crippen LogP contribution in [0.5, 0.6) is 5.75 Å².